The van der Waals surface area contributed by atoms with Gasteiger partial charge in [0.05, 0.1) is 12.1 Å². The molecule has 0 aromatic heterocycles. The van der Waals surface area contributed by atoms with E-state index in [1.807, 2.05) is 19.9 Å². The Labute approximate surface area is 122 Å². The van der Waals surface area contributed by atoms with E-state index in [-0.39, 0.29) is 5.91 Å². The van der Waals surface area contributed by atoms with Crippen LogP contribution in [-0.4, -0.2) is 25.1 Å². The zero-order valence-corrected chi connectivity index (χ0v) is 13.1. The minimum Gasteiger partial charge on any atom is -0.493 e. The molecule has 0 aliphatic carbocycles. The molecule has 0 unspecified atom stereocenters. The van der Waals surface area contributed by atoms with Gasteiger partial charge in [0.1, 0.15) is 5.75 Å². The lowest BCUT2D eigenvalue weighted by Crippen LogP contribution is -2.50. The number of halogens is 1. The van der Waals surface area contributed by atoms with Gasteiger partial charge in [-0.1, -0.05) is 15.9 Å². The molecule has 104 valence electrons. The van der Waals surface area contributed by atoms with Crippen molar-refractivity contribution in [1.82, 2.24) is 10.6 Å². The summed E-state index contributed by atoms with van der Waals surface area (Å²) in [6.45, 7) is 4.90. The lowest BCUT2D eigenvalue weighted by Gasteiger charge is -2.23. The molecule has 4 nitrogen and oxygen atoms in total. The molecule has 19 heavy (non-hydrogen) atoms. The fraction of sp³-hybridized carbons (Fsp3) is 0.500. The molecular formula is C14H19BrN2O2. The Bertz CT molecular complexity index is 500. The summed E-state index contributed by atoms with van der Waals surface area (Å²) in [5.41, 5.74) is 1.64. The number of fused-ring (bicyclic) bond motifs is 1. The van der Waals surface area contributed by atoms with Crippen LogP contribution in [0.1, 0.15) is 25.0 Å². The van der Waals surface area contributed by atoms with Crippen LogP contribution in [0.3, 0.4) is 0 Å². The second-order valence-electron chi connectivity index (χ2n) is 5.21. The molecule has 1 aromatic carbocycles. The van der Waals surface area contributed by atoms with Crippen LogP contribution in [0.2, 0.25) is 0 Å². The third kappa shape index (κ3) is 3.09. The van der Waals surface area contributed by atoms with Crippen molar-refractivity contribution in [3.63, 3.8) is 0 Å². The third-order valence-electron chi connectivity index (χ3n) is 3.46. The maximum Gasteiger partial charge on any atom is 0.239 e. The highest BCUT2D eigenvalue weighted by Gasteiger charge is 2.25. The van der Waals surface area contributed by atoms with Crippen LogP contribution in [0.15, 0.2) is 16.6 Å². The van der Waals surface area contributed by atoms with Gasteiger partial charge < -0.3 is 15.4 Å². The zero-order chi connectivity index (χ0) is 14.0. The van der Waals surface area contributed by atoms with E-state index in [0.29, 0.717) is 6.54 Å². The SMILES string of the molecule is CNC(C)(C)C(=O)NCc1cc(Br)cc2c1OCC2. The minimum atomic E-state index is -0.573. The lowest BCUT2D eigenvalue weighted by atomic mass is 10.0. The van der Waals surface area contributed by atoms with Crippen LogP contribution >= 0.6 is 15.9 Å². The van der Waals surface area contributed by atoms with Gasteiger partial charge in [-0.3, -0.25) is 4.79 Å². The monoisotopic (exact) mass is 326 g/mol. The molecule has 5 heteroatoms. The first-order valence-corrected chi connectivity index (χ1v) is 7.14. The summed E-state index contributed by atoms with van der Waals surface area (Å²) in [5, 5.41) is 5.93. The molecule has 0 bridgehead atoms. The van der Waals surface area contributed by atoms with Crippen LogP contribution in [0.4, 0.5) is 0 Å². The van der Waals surface area contributed by atoms with Crippen molar-refractivity contribution < 1.29 is 9.53 Å². The Morgan fingerprint density at radius 1 is 1.47 bits per heavy atom. The maximum absolute atomic E-state index is 12.0. The molecule has 2 N–H and O–H groups in total. The topological polar surface area (TPSA) is 50.4 Å². The summed E-state index contributed by atoms with van der Waals surface area (Å²) in [7, 11) is 1.78. The second-order valence-corrected chi connectivity index (χ2v) is 6.12. The second kappa shape index (κ2) is 5.51. The number of benzene rings is 1. The summed E-state index contributed by atoms with van der Waals surface area (Å²) < 4.78 is 6.66. The third-order valence-corrected chi connectivity index (χ3v) is 3.92. The van der Waals surface area contributed by atoms with Gasteiger partial charge >= 0.3 is 0 Å². The highest BCUT2D eigenvalue weighted by molar-refractivity contribution is 9.10. The van der Waals surface area contributed by atoms with E-state index in [9.17, 15) is 4.79 Å². The van der Waals surface area contributed by atoms with Gasteiger partial charge in [0, 0.05) is 23.0 Å². The van der Waals surface area contributed by atoms with E-state index in [0.717, 1.165) is 28.8 Å². The van der Waals surface area contributed by atoms with Gasteiger partial charge in [-0.15, -0.1) is 0 Å². The van der Waals surface area contributed by atoms with Crippen LogP contribution in [-0.2, 0) is 17.8 Å². The number of ether oxygens (including phenoxy) is 1. The fourth-order valence-corrected chi connectivity index (χ4v) is 2.54. The van der Waals surface area contributed by atoms with Crippen molar-refractivity contribution in [2.45, 2.75) is 32.4 Å². The molecule has 1 aliphatic rings. The quantitative estimate of drug-likeness (QED) is 0.889. The summed E-state index contributed by atoms with van der Waals surface area (Å²) in [6, 6.07) is 4.07. The van der Waals surface area contributed by atoms with Gasteiger partial charge in [0.15, 0.2) is 0 Å². The lowest BCUT2D eigenvalue weighted by molar-refractivity contribution is -0.126. The molecule has 0 atom stereocenters. The Morgan fingerprint density at radius 2 is 2.21 bits per heavy atom. The highest BCUT2D eigenvalue weighted by atomic mass is 79.9. The Kier molecular flexibility index (Phi) is 4.16. The number of rotatable bonds is 4. The maximum atomic E-state index is 12.0. The number of hydrogen-bond acceptors (Lipinski definition) is 3. The number of carbonyl (C=O) groups is 1. The zero-order valence-electron chi connectivity index (χ0n) is 11.5. The fourth-order valence-electron chi connectivity index (χ4n) is 1.99. The molecule has 2 rings (SSSR count). The molecule has 0 spiro atoms. The molecule has 0 fully saturated rings. The van der Waals surface area contributed by atoms with Gasteiger partial charge in [-0.05, 0) is 38.6 Å². The summed E-state index contributed by atoms with van der Waals surface area (Å²) in [4.78, 5) is 12.0. The van der Waals surface area contributed by atoms with Crippen LogP contribution in [0.5, 0.6) is 5.75 Å². The first-order valence-electron chi connectivity index (χ1n) is 6.35. The Hall–Kier alpha value is -1.07. The number of amides is 1. The molecule has 1 heterocycles. The predicted octanol–water partition coefficient (Wildman–Crippen LogP) is 2.00. The van der Waals surface area contributed by atoms with Crippen molar-refractivity contribution in [3.05, 3.63) is 27.7 Å². The van der Waals surface area contributed by atoms with Crippen LogP contribution in [0, 0.1) is 0 Å². The highest BCUT2D eigenvalue weighted by Crippen LogP contribution is 2.32. The van der Waals surface area contributed by atoms with Gasteiger partial charge in [-0.25, -0.2) is 0 Å². The molecular weight excluding hydrogens is 308 g/mol. The Morgan fingerprint density at radius 3 is 2.89 bits per heavy atom. The molecule has 0 saturated heterocycles. The van der Waals surface area contributed by atoms with Crippen molar-refractivity contribution >= 4 is 21.8 Å². The van der Waals surface area contributed by atoms with Gasteiger partial charge in [-0.2, -0.15) is 0 Å². The molecule has 0 radical (unpaired) electrons. The van der Waals surface area contributed by atoms with Crippen molar-refractivity contribution in [2.24, 2.45) is 0 Å². The number of nitrogens with one attached hydrogen (secondary N) is 2. The van der Waals surface area contributed by atoms with E-state index in [1.165, 1.54) is 5.56 Å². The first kappa shape index (κ1) is 14.3. The van der Waals surface area contributed by atoms with Crippen molar-refractivity contribution in [3.8, 4) is 5.75 Å². The number of likely N-dealkylation sites (N-methyl/N-ethyl adjacent to an activating group) is 1. The summed E-state index contributed by atoms with van der Waals surface area (Å²) in [6.07, 6.45) is 0.928. The summed E-state index contributed by atoms with van der Waals surface area (Å²) in [5.74, 6) is 0.896. The first-order chi connectivity index (χ1) is 8.94. The van der Waals surface area contributed by atoms with Crippen LogP contribution < -0.4 is 15.4 Å². The molecule has 1 aliphatic heterocycles. The van der Waals surface area contributed by atoms with E-state index >= 15 is 0 Å². The van der Waals surface area contributed by atoms with E-state index in [2.05, 4.69) is 32.6 Å². The number of hydrogen-bond donors (Lipinski definition) is 2. The average molecular weight is 327 g/mol. The van der Waals surface area contributed by atoms with Crippen molar-refractivity contribution in [1.29, 1.82) is 0 Å². The van der Waals surface area contributed by atoms with Gasteiger partial charge in [0.25, 0.3) is 0 Å². The van der Waals surface area contributed by atoms with Crippen molar-refractivity contribution in [2.75, 3.05) is 13.7 Å². The van der Waals surface area contributed by atoms with Crippen LogP contribution in [0.25, 0.3) is 0 Å². The Balaban J connectivity index is 2.11. The van der Waals surface area contributed by atoms with E-state index in [1.54, 1.807) is 7.05 Å². The number of carbonyl (C=O) groups excluding carboxylic acids is 1. The average Bonchev–Trinajstić information content (AvgIpc) is 2.83. The minimum absolute atomic E-state index is 0.0262. The normalized spacial score (nSPS) is 13.9. The van der Waals surface area contributed by atoms with Gasteiger partial charge in [0.2, 0.25) is 5.91 Å². The largest absolute Gasteiger partial charge is 0.493 e. The van der Waals surface area contributed by atoms with E-state index < -0.39 is 5.54 Å². The molecule has 0 saturated carbocycles. The molecule has 1 aromatic rings. The predicted molar refractivity (Wildman–Crippen MR) is 78.3 cm³/mol. The molecule has 1 amide bonds. The summed E-state index contributed by atoms with van der Waals surface area (Å²) >= 11 is 3.50. The standard InChI is InChI=1S/C14H19BrN2O2/c1-14(2,16-3)13(18)17-8-10-7-11(15)6-9-4-5-19-12(9)10/h6-7,16H,4-5,8H2,1-3H3,(H,17,18). The van der Waals surface area contributed by atoms with E-state index in [4.69, 9.17) is 4.74 Å². The smallest absolute Gasteiger partial charge is 0.239 e.